The Morgan fingerprint density at radius 3 is 2.29 bits per heavy atom. The molecule has 1 nitrogen and oxygen atoms in total. The number of rotatable bonds is 3. The molecular formula is C16H33N. The lowest BCUT2D eigenvalue weighted by Crippen LogP contribution is -2.53. The van der Waals surface area contributed by atoms with Crippen LogP contribution in [0.3, 0.4) is 0 Å². The summed E-state index contributed by atoms with van der Waals surface area (Å²) < 4.78 is 0. The molecule has 0 saturated heterocycles. The van der Waals surface area contributed by atoms with Gasteiger partial charge in [-0.15, -0.1) is 0 Å². The lowest BCUT2D eigenvalue weighted by Gasteiger charge is -2.47. The van der Waals surface area contributed by atoms with Gasteiger partial charge in [0.05, 0.1) is 0 Å². The Hall–Kier alpha value is -0.0400. The standard InChI is InChI=1S/C16H33N/c1-12(2)14-8-7-13(3)11-16(14,17)10-9-15(4,5)6/h12-14H,7-11,17H2,1-6H3. The van der Waals surface area contributed by atoms with Crippen molar-refractivity contribution < 1.29 is 0 Å². The number of nitrogens with two attached hydrogens (primary N) is 1. The van der Waals surface area contributed by atoms with Gasteiger partial charge < -0.3 is 5.73 Å². The molecule has 1 rings (SSSR count). The molecule has 3 atom stereocenters. The molecule has 1 saturated carbocycles. The first-order valence-corrected chi connectivity index (χ1v) is 7.43. The summed E-state index contributed by atoms with van der Waals surface area (Å²) in [7, 11) is 0. The third kappa shape index (κ3) is 4.28. The van der Waals surface area contributed by atoms with Crippen molar-refractivity contribution in [3.63, 3.8) is 0 Å². The summed E-state index contributed by atoms with van der Waals surface area (Å²) in [4.78, 5) is 0. The van der Waals surface area contributed by atoms with E-state index in [0.29, 0.717) is 5.41 Å². The monoisotopic (exact) mass is 239 g/mol. The van der Waals surface area contributed by atoms with Crippen molar-refractivity contribution in [2.24, 2.45) is 28.9 Å². The van der Waals surface area contributed by atoms with Gasteiger partial charge in [0.15, 0.2) is 0 Å². The van der Waals surface area contributed by atoms with Crippen LogP contribution in [0.5, 0.6) is 0 Å². The molecule has 0 amide bonds. The van der Waals surface area contributed by atoms with Crippen LogP contribution in [0.25, 0.3) is 0 Å². The summed E-state index contributed by atoms with van der Waals surface area (Å²) in [6.45, 7) is 14.0. The topological polar surface area (TPSA) is 26.0 Å². The molecule has 1 aliphatic rings. The van der Waals surface area contributed by atoms with Gasteiger partial charge in [0, 0.05) is 5.54 Å². The number of hydrogen-bond donors (Lipinski definition) is 1. The van der Waals surface area contributed by atoms with Gasteiger partial charge in [0.1, 0.15) is 0 Å². The average molecular weight is 239 g/mol. The summed E-state index contributed by atoms with van der Waals surface area (Å²) in [5.74, 6) is 2.27. The zero-order valence-corrected chi connectivity index (χ0v) is 12.8. The highest BCUT2D eigenvalue weighted by atomic mass is 14.8. The van der Waals surface area contributed by atoms with E-state index in [-0.39, 0.29) is 5.54 Å². The minimum Gasteiger partial charge on any atom is -0.325 e. The smallest absolute Gasteiger partial charge is 0.0188 e. The molecule has 0 aromatic rings. The minimum atomic E-state index is 0.0963. The second kappa shape index (κ2) is 5.30. The molecule has 2 N–H and O–H groups in total. The fourth-order valence-corrected chi connectivity index (χ4v) is 3.55. The van der Waals surface area contributed by atoms with Crippen molar-refractivity contribution in [3.05, 3.63) is 0 Å². The van der Waals surface area contributed by atoms with Gasteiger partial charge in [0.25, 0.3) is 0 Å². The Morgan fingerprint density at radius 1 is 1.24 bits per heavy atom. The molecule has 0 radical (unpaired) electrons. The van der Waals surface area contributed by atoms with E-state index in [4.69, 9.17) is 5.73 Å². The molecule has 17 heavy (non-hydrogen) atoms. The van der Waals surface area contributed by atoms with E-state index in [0.717, 1.165) is 17.8 Å². The van der Waals surface area contributed by atoms with Crippen molar-refractivity contribution in [2.45, 2.75) is 79.2 Å². The van der Waals surface area contributed by atoms with Crippen molar-refractivity contribution >= 4 is 0 Å². The Balaban J connectivity index is 2.71. The highest BCUT2D eigenvalue weighted by Crippen LogP contribution is 2.43. The molecule has 1 fully saturated rings. The SMILES string of the molecule is CC1CCC(C(C)C)C(N)(CCC(C)(C)C)C1. The van der Waals surface area contributed by atoms with E-state index in [1.807, 2.05) is 0 Å². The molecular weight excluding hydrogens is 206 g/mol. The molecule has 3 unspecified atom stereocenters. The normalized spacial score (nSPS) is 35.3. The summed E-state index contributed by atoms with van der Waals surface area (Å²) in [6.07, 6.45) is 6.38. The van der Waals surface area contributed by atoms with E-state index >= 15 is 0 Å². The Morgan fingerprint density at radius 2 is 1.82 bits per heavy atom. The molecule has 102 valence electrons. The van der Waals surface area contributed by atoms with E-state index in [1.165, 1.54) is 32.1 Å². The zero-order valence-electron chi connectivity index (χ0n) is 12.8. The van der Waals surface area contributed by atoms with Crippen molar-refractivity contribution in [1.29, 1.82) is 0 Å². The molecule has 0 spiro atoms. The van der Waals surface area contributed by atoms with E-state index in [2.05, 4.69) is 41.5 Å². The van der Waals surface area contributed by atoms with Crippen LogP contribution in [0.1, 0.15) is 73.6 Å². The van der Waals surface area contributed by atoms with Gasteiger partial charge in [-0.25, -0.2) is 0 Å². The first kappa shape index (κ1) is 15.0. The fraction of sp³-hybridized carbons (Fsp3) is 1.00. The quantitative estimate of drug-likeness (QED) is 0.765. The van der Waals surface area contributed by atoms with Gasteiger partial charge in [-0.2, -0.15) is 0 Å². The minimum absolute atomic E-state index is 0.0963. The van der Waals surface area contributed by atoms with Crippen LogP contribution in [0.15, 0.2) is 0 Å². The Bertz CT molecular complexity index is 238. The van der Waals surface area contributed by atoms with Crippen LogP contribution < -0.4 is 5.73 Å². The highest BCUT2D eigenvalue weighted by Gasteiger charge is 2.41. The third-order valence-electron chi connectivity index (χ3n) is 4.58. The van der Waals surface area contributed by atoms with E-state index < -0.39 is 0 Å². The molecule has 0 aromatic heterocycles. The van der Waals surface area contributed by atoms with Crippen molar-refractivity contribution in [2.75, 3.05) is 0 Å². The lowest BCUT2D eigenvalue weighted by molar-refractivity contribution is 0.0899. The Labute approximate surface area is 109 Å². The van der Waals surface area contributed by atoms with Crippen LogP contribution in [-0.2, 0) is 0 Å². The van der Waals surface area contributed by atoms with Gasteiger partial charge >= 0.3 is 0 Å². The van der Waals surface area contributed by atoms with Gasteiger partial charge in [-0.05, 0) is 48.9 Å². The van der Waals surface area contributed by atoms with Crippen LogP contribution >= 0.6 is 0 Å². The van der Waals surface area contributed by atoms with Crippen LogP contribution in [0.4, 0.5) is 0 Å². The van der Waals surface area contributed by atoms with Crippen LogP contribution in [0, 0.1) is 23.2 Å². The predicted octanol–water partition coefficient (Wildman–Crippen LogP) is 4.60. The average Bonchev–Trinajstić information content (AvgIpc) is 2.13. The van der Waals surface area contributed by atoms with Crippen molar-refractivity contribution in [3.8, 4) is 0 Å². The molecule has 0 bridgehead atoms. The maximum absolute atomic E-state index is 6.80. The maximum Gasteiger partial charge on any atom is 0.0188 e. The van der Waals surface area contributed by atoms with E-state index in [1.54, 1.807) is 0 Å². The highest BCUT2D eigenvalue weighted by molar-refractivity contribution is 4.97. The first-order chi connectivity index (χ1) is 7.64. The predicted molar refractivity (Wildman–Crippen MR) is 77.0 cm³/mol. The van der Waals surface area contributed by atoms with Gasteiger partial charge in [0.2, 0.25) is 0 Å². The Kier molecular flexibility index (Phi) is 4.68. The molecule has 0 aliphatic heterocycles. The molecule has 1 aliphatic carbocycles. The molecule has 0 aromatic carbocycles. The molecule has 0 heterocycles. The van der Waals surface area contributed by atoms with Gasteiger partial charge in [-0.1, -0.05) is 48.0 Å². The second-order valence-electron chi connectivity index (χ2n) is 8.03. The van der Waals surface area contributed by atoms with Crippen LogP contribution in [0.2, 0.25) is 0 Å². The summed E-state index contributed by atoms with van der Waals surface area (Å²) in [5.41, 5.74) is 7.31. The summed E-state index contributed by atoms with van der Waals surface area (Å²) in [6, 6.07) is 0. The van der Waals surface area contributed by atoms with Crippen molar-refractivity contribution in [1.82, 2.24) is 0 Å². The fourth-order valence-electron chi connectivity index (χ4n) is 3.55. The summed E-state index contributed by atoms with van der Waals surface area (Å²) >= 11 is 0. The number of hydrogen-bond acceptors (Lipinski definition) is 1. The second-order valence-corrected chi connectivity index (χ2v) is 8.03. The maximum atomic E-state index is 6.80. The molecule has 1 heteroatoms. The van der Waals surface area contributed by atoms with E-state index in [9.17, 15) is 0 Å². The summed E-state index contributed by atoms with van der Waals surface area (Å²) in [5, 5.41) is 0. The van der Waals surface area contributed by atoms with Crippen LogP contribution in [-0.4, -0.2) is 5.54 Å². The largest absolute Gasteiger partial charge is 0.325 e. The third-order valence-corrected chi connectivity index (χ3v) is 4.58. The van der Waals surface area contributed by atoms with Gasteiger partial charge in [-0.3, -0.25) is 0 Å². The zero-order chi connectivity index (χ0) is 13.3. The first-order valence-electron chi connectivity index (χ1n) is 7.43. The lowest BCUT2D eigenvalue weighted by atomic mass is 9.63.